The van der Waals surface area contributed by atoms with Crippen LogP contribution in [0.2, 0.25) is 0 Å². The van der Waals surface area contributed by atoms with E-state index in [-0.39, 0.29) is 30.8 Å². The van der Waals surface area contributed by atoms with E-state index >= 15 is 0 Å². The Balaban J connectivity index is 1.63. The van der Waals surface area contributed by atoms with Crippen LogP contribution in [0.5, 0.6) is 0 Å². The van der Waals surface area contributed by atoms with E-state index in [9.17, 15) is 19.5 Å². The molecule has 1 fully saturated rings. The lowest BCUT2D eigenvalue weighted by atomic mass is 9.89. The first-order chi connectivity index (χ1) is 12.6. The summed E-state index contributed by atoms with van der Waals surface area (Å²) in [4.78, 5) is 37.6. The van der Waals surface area contributed by atoms with Gasteiger partial charge in [-0.05, 0) is 17.7 Å². The second-order valence-electron chi connectivity index (χ2n) is 6.31. The van der Waals surface area contributed by atoms with Crippen LogP contribution in [0.4, 0.5) is 0 Å². The van der Waals surface area contributed by atoms with Crippen molar-refractivity contribution in [3.63, 3.8) is 0 Å². The predicted molar refractivity (Wildman–Crippen MR) is 95.7 cm³/mol. The fraction of sp³-hybridized carbons (Fsp3) is 0.250. The van der Waals surface area contributed by atoms with Crippen LogP contribution in [0, 0.1) is 5.92 Å². The van der Waals surface area contributed by atoms with Gasteiger partial charge in [0.15, 0.2) is 0 Å². The normalized spacial score (nSPS) is 19.2. The number of benzene rings is 2. The van der Waals surface area contributed by atoms with Crippen LogP contribution in [-0.2, 0) is 9.59 Å². The molecule has 2 aromatic rings. The van der Waals surface area contributed by atoms with Crippen molar-refractivity contribution in [2.75, 3.05) is 19.6 Å². The molecule has 2 amide bonds. The van der Waals surface area contributed by atoms with Gasteiger partial charge in [-0.2, -0.15) is 0 Å². The third-order valence-electron chi connectivity index (χ3n) is 4.65. The summed E-state index contributed by atoms with van der Waals surface area (Å²) >= 11 is 0. The van der Waals surface area contributed by atoms with Gasteiger partial charge >= 0.3 is 5.97 Å². The summed E-state index contributed by atoms with van der Waals surface area (Å²) in [6, 6.07) is 18.0. The highest BCUT2D eigenvalue weighted by Gasteiger charge is 2.40. The Kier molecular flexibility index (Phi) is 5.31. The zero-order chi connectivity index (χ0) is 18.5. The van der Waals surface area contributed by atoms with Crippen molar-refractivity contribution in [1.29, 1.82) is 0 Å². The number of rotatable bonds is 5. The fourth-order valence-electron chi connectivity index (χ4n) is 3.25. The van der Waals surface area contributed by atoms with Crippen LogP contribution >= 0.6 is 0 Å². The van der Waals surface area contributed by atoms with Gasteiger partial charge in [-0.15, -0.1) is 0 Å². The highest BCUT2D eigenvalue weighted by atomic mass is 16.4. The van der Waals surface area contributed by atoms with Crippen molar-refractivity contribution >= 4 is 17.8 Å². The molecule has 6 heteroatoms. The SMILES string of the molecule is O=C(NCC(=O)N1C[C@H](c2ccccc2)[C@H](C(=O)O)C1)c1ccccc1. The molecule has 2 atom stereocenters. The maximum atomic E-state index is 12.4. The molecule has 0 saturated carbocycles. The Morgan fingerprint density at radius 2 is 1.58 bits per heavy atom. The molecule has 0 radical (unpaired) electrons. The molecule has 2 aromatic carbocycles. The molecule has 2 N–H and O–H groups in total. The Bertz CT molecular complexity index is 792. The highest BCUT2D eigenvalue weighted by molar-refractivity contribution is 5.96. The molecule has 6 nitrogen and oxygen atoms in total. The van der Waals surface area contributed by atoms with Crippen molar-refractivity contribution in [3.8, 4) is 0 Å². The largest absolute Gasteiger partial charge is 0.481 e. The molecule has 0 unspecified atom stereocenters. The lowest BCUT2D eigenvalue weighted by Crippen LogP contribution is -2.39. The van der Waals surface area contributed by atoms with E-state index in [2.05, 4.69) is 5.32 Å². The molecule has 1 saturated heterocycles. The maximum Gasteiger partial charge on any atom is 0.308 e. The van der Waals surface area contributed by atoms with Crippen molar-refractivity contribution in [3.05, 3.63) is 71.8 Å². The van der Waals surface area contributed by atoms with Gasteiger partial charge in [0.1, 0.15) is 0 Å². The van der Waals surface area contributed by atoms with E-state index in [4.69, 9.17) is 0 Å². The van der Waals surface area contributed by atoms with Gasteiger partial charge in [0.05, 0.1) is 12.5 Å². The summed E-state index contributed by atoms with van der Waals surface area (Å²) in [6.07, 6.45) is 0. The highest BCUT2D eigenvalue weighted by Crippen LogP contribution is 2.32. The summed E-state index contributed by atoms with van der Waals surface area (Å²) in [5.74, 6) is -2.41. The molecule has 1 heterocycles. The first-order valence-electron chi connectivity index (χ1n) is 8.45. The molecule has 0 spiro atoms. The Labute approximate surface area is 151 Å². The summed E-state index contributed by atoms with van der Waals surface area (Å²) < 4.78 is 0. The molecule has 0 bridgehead atoms. The second-order valence-corrected chi connectivity index (χ2v) is 6.31. The van der Waals surface area contributed by atoms with Crippen molar-refractivity contribution in [2.45, 2.75) is 5.92 Å². The maximum absolute atomic E-state index is 12.4. The smallest absolute Gasteiger partial charge is 0.308 e. The van der Waals surface area contributed by atoms with Crippen LogP contribution < -0.4 is 5.32 Å². The first kappa shape index (κ1) is 17.7. The number of carboxylic acid groups (broad SMARTS) is 1. The number of hydrogen-bond donors (Lipinski definition) is 2. The van der Waals surface area contributed by atoms with Gasteiger partial charge in [-0.3, -0.25) is 14.4 Å². The predicted octanol–water partition coefficient (Wildman–Crippen LogP) is 1.74. The molecule has 134 valence electrons. The number of likely N-dealkylation sites (tertiary alicyclic amines) is 1. The lowest BCUT2D eigenvalue weighted by molar-refractivity contribution is -0.141. The molecule has 26 heavy (non-hydrogen) atoms. The van der Waals surface area contributed by atoms with Gasteiger partial charge in [0, 0.05) is 24.6 Å². The number of hydrogen-bond acceptors (Lipinski definition) is 3. The van der Waals surface area contributed by atoms with E-state index in [1.165, 1.54) is 4.90 Å². The van der Waals surface area contributed by atoms with Crippen LogP contribution in [0.15, 0.2) is 60.7 Å². The monoisotopic (exact) mass is 352 g/mol. The average molecular weight is 352 g/mol. The number of carbonyl (C=O) groups excluding carboxylic acids is 2. The minimum absolute atomic E-state index is 0.148. The molecule has 1 aliphatic heterocycles. The second kappa shape index (κ2) is 7.82. The van der Waals surface area contributed by atoms with Crippen LogP contribution in [0.25, 0.3) is 0 Å². The number of nitrogens with one attached hydrogen (secondary N) is 1. The molecule has 0 aromatic heterocycles. The molecule has 0 aliphatic carbocycles. The molecular formula is C20H20N2O4. The first-order valence-corrected chi connectivity index (χ1v) is 8.45. The molecule has 1 aliphatic rings. The Hall–Kier alpha value is -3.15. The van der Waals surface area contributed by atoms with Crippen LogP contribution in [-0.4, -0.2) is 47.4 Å². The van der Waals surface area contributed by atoms with E-state index in [1.54, 1.807) is 24.3 Å². The van der Waals surface area contributed by atoms with E-state index in [1.807, 2.05) is 36.4 Å². The zero-order valence-electron chi connectivity index (χ0n) is 14.2. The topological polar surface area (TPSA) is 86.7 Å². The number of aliphatic carboxylic acids is 1. The van der Waals surface area contributed by atoms with Gasteiger partial charge in [0.2, 0.25) is 5.91 Å². The van der Waals surface area contributed by atoms with Gasteiger partial charge in [-0.25, -0.2) is 0 Å². The third kappa shape index (κ3) is 3.91. The lowest BCUT2D eigenvalue weighted by Gasteiger charge is -2.17. The van der Waals surface area contributed by atoms with Crippen LogP contribution in [0.1, 0.15) is 21.8 Å². The van der Waals surface area contributed by atoms with Gasteiger partial charge in [0.25, 0.3) is 5.91 Å². The number of carbonyl (C=O) groups is 3. The summed E-state index contributed by atoms with van der Waals surface area (Å²) in [6.45, 7) is 0.331. The Morgan fingerprint density at radius 1 is 0.962 bits per heavy atom. The zero-order valence-corrected chi connectivity index (χ0v) is 14.2. The fourth-order valence-corrected chi connectivity index (χ4v) is 3.25. The van der Waals surface area contributed by atoms with E-state index < -0.39 is 11.9 Å². The van der Waals surface area contributed by atoms with Crippen molar-refractivity contribution in [2.24, 2.45) is 5.92 Å². The standard InChI is InChI=1S/C20H20N2O4/c23-18(11-21-19(24)15-9-5-2-6-10-15)22-12-16(17(13-22)20(25)26)14-7-3-1-4-8-14/h1-10,16-17H,11-13H2,(H,21,24)(H,25,26)/t16-,17-/m1/s1. The minimum atomic E-state index is -0.914. The van der Waals surface area contributed by atoms with Gasteiger partial charge in [-0.1, -0.05) is 48.5 Å². The number of nitrogens with zero attached hydrogens (tertiary/aromatic N) is 1. The van der Waals surface area contributed by atoms with Crippen molar-refractivity contribution < 1.29 is 19.5 Å². The third-order valence-corrected chi connectivity index (χ3v) is 4.65. The molecule has 3 rings (SSSR count). The quantitative estimate of drug-likeness (QED) is 0.858. The van der Waals surface area contributed by atoms with Crippen LogP contribution in [0.3, 0.4) is 0 Å². The van der Waals surface area contributed by atoms with E-state index in [0.29, 0.717) is 12.1 Å². The number of carboxylic acids is 1. The average Bonchev–Trinajstić information content (AvgIpc) is 3.13. The molecular weight excluding hydrogens is 332 g/mol. The summed E-state index contributed by atoms with van der Waals surface area (Å²) in [5.41, 5.74) is 1.39. The Morgan fingerprint density at radius 3 is 2.19 bits per heavy atom. The number of amides is 2. The summed E-state index contributed by atoms with van der Waals surface area (Å²) in [5, 5.41) is 12.1. The summed E-state index contributed by atoms with van der Waals surface area (Å²) in [7, 11) is 0. The van der Waals surface area contributed by atoms with Gasteiger partial charge < -0.3 is 15.3 Å². The van der Waals surface area contributed by atoms with E-state index in [0.717, 1.165) is 5.56 Å². The minimum Gasteiger partial charge on any atom is -0.481 e. The van der Waals surface area contributed by atoms with Crippen molar-refractivity contribution in [1.82, 2.24) is 10.2 Å².